The van der Waals surface area contributed by atoms with Gasteiger partial charge in [-0.15, -0.1) is 0 Å². The van der Waals surface area contributed by atoms with E-state index in [1.54, 1.807) is 17.0 Å². The zero-order valence-electron chi connectivity index (χ0n) is 20.0. The van der Waals surface area contributed by atoms with E-state index in [4.69, 9.17) is 9.47 Å². The van der Waals surface area contributed by atoms with Crippen LogP contribution in [0.25, 0.3) is 6.08 Å². The van der Waals surface area contributed by atoms with Gasteiger partial charge in [0.25, 0.3) is 17.2 Å². The summed E-state index contributed by atoms with van der Waals surface area (Å²) < 4.78 is 11.6. The Labute approximate surface area is 209 Å². The van der Waals surface area contributed by atoms with Gasteiger partial charge in [-0.25, -0.2) is 0 Å². The molecule has 2 aromatic rings. The molecule has 0 radical (unpaired) electrons. The van der Waals surface area contributed by atoms with Gasteiger partial charge >= 0.3 is 0 Å². The zero-order chi connectivity index (χ0) is 25.2. The highest BCUT2D eigenvalue weighted by Gasteiger charge is 2.61. The summed E-state index contributed by atoms with van der Waals surface area (Å²) in [6, 6.07) is 17.4. The van der Waals surface area contributed by atoms with Gasteiger partial charge in [0.1, 0.15) is 19.8 Å². The molecular weight excluding hydrogens is 464 g/mol. The number of amides is 1. The van der Waals surface area contributed by atoms with Crippen molar-refractivity contribution in [3.63, 3.8) is 0 Å². The third-order valence-electron chi connectivity index (χ3n) is 7.13. The maximum atomic E-state index is 13.6. The van der Waals surface area contributed by atoms with Gasteiger partial charge in [0.05, 0.1) is 12.4 Å². The van der Waals surface area contributed by atoms with E-state index in [-0.39, 0.29) is 0 Å². The van der Waals surface area contributed by atoms with Gasteiger partial charge in [0.2, 0.25) is 0 Å². The van der Waals surface area contributed by atoms with Crippen LogP contribution < -0.4 is 4.90 Å². The fourth-order valence-electron chi connectivity index (χ4n) is 4.83. The van der Waals surface area contributed by atoms with Crippen LogP contribution in [0.5, 0.6) is 0 Å². The molecule has 3 aliphatic rings. The summed E-state index contributed by atoms with van der Waals surface area (Å²) in [6.45, 7) is 3.02. The number of anilines is 1. The Balaban J connectivity index is 1.22. The van der Waals surface area contributed by atoms with Crippen LogP contribution in [-0.2, 0) is 20.1 Å². The van der Waals surface area contributed by atoms with Gasteiger partial charge in [-0.1, -0.05) is 60.7 Å². The first kappa shape index (κ1) is 24.5. The standard InChI is InChI=1S/C26H30N4O6/c31-17-25(30(33)34)18-35-26(36-19-25)22-10-4-5-11-23(22)29(24(26)32)20-28-15-13-27(14-16-28)12-6-9-21-7-2-1-3-8-21/h1-11,31H,12-20H2/b9-6+. The Morgan fingerprint density at radius 2 is 1.61 bits per heavy atom. The minimum Gasteiger partial charge on any atom is -0.389 e. The van der Waals surface area contributed by atoms with Gasteiger partial charge < -0.3 is 14.6 Å². The topological polar surface area (TPSA) is 109 Å². The smallest absolute Gasteiger partial charge is 0.293 e. The van der Waals surface area contributed by atoms with Crippen LogP contribution in [-0.4, -0.2) is 90.5 Å². The Hall–Kier alpha value is -3.15. The van der Waals surface area contributed by atoms with E-state index in [2.05, 4.69) is 34.1 Å². The average molecular weight is 495 g/mol. The fraction of sp³-hybridized carbons (Fsp3) is 0.423. The first-order valence-corrected chi connectivity index (χ1v) is 12.1. The van der Waals surface area contributed by atoms with Crippen LogP contribution in [0.2, 0.25) is 0 Å². The maximum absolute atomic E-state index is 13.6. The number of carbonyl (C=O) groups excluding carboxylic acids is 1. The quantitative estimate of drug-likeness (QED) is 0.456. The molecule has 2 fully saturated rings. The molecule has 0 aromatic heterocycles. The van der Waals surface area contributed by atoms with E-state index >= 15 is 0 Å². The highest BCUT2D eigenvalue weighted by Crippen LogP contribution is 2.46. The largest absolute Gasteiger partial charge is 0.389 e. The lowest BCUT2D eigenvalue weighted by molar-refractivity contribution is -0.598. The summed E-state index contributed by atoms with van der Waals surface area (Å²) in [6.07, 6.45) is 4.30. The number of aliphatic hydroxyl groups is 1. The molecule has 1 amide bonds. The molecular formula is C26H30N4O6. The van der Waals surface area contributed by atoms with Crippen molar-refractivity contribution in [3.05, 3.63) is 81.9 Å². The van der Waals surface area contributed by atoms with Crippen molar-refractivity contribution in [1.82, 2.24) is 9.80 Å². The summed E-state index contributed by atoms with van der Waals surface area (Å²) in [5.41, 5.74) is 0.611. The number of fused-ring (bicyclic) bond motifs is 2. The lowest BCUT2D eigenvalue weighted by Crippen LogP contribution is -2.61. The molecule has 5 rings (SSSR count). The van der Waals surface area contributed by atoms with Crippen molar-refractivity contribution in [2.45, 2.75) is 11.3 Å². The molecule has 10 heteroatoms. The third-order valence-corrected chi connectivity index (χ3v) is 7.13. The average Bonchev–Trinajstić information content (AvgIpc) is 3.14. The number of hydrogen-bond acceptors (Lipinski definition) is 8. The van der Waals surface area contributed by atoms with Crippen molar-refractivity contribution in [1.29, 1.82) is 0 Å². The van der Waals surface area contributed by atoms with Crippen molar-refractivity contribution >= 4 is 17.7 Å². The van der Waals surface area contributed by atoms with Gasteiger partial charge in [0, 0.05) is 43.2 Å². The Bertz CT molecular complexity index is 1120. The molecule has 2 saturated heterocycles. The third kappa shape index (κ3) is 4.42. The Morgan fingerprint density at radius 3 is 2.28 bits per heavy atom. The summed E-state index contributed by atoms with van der Waals surface area (Å²) in [4.78, 5) is 30.7. The number of ether oxygens (including phenoxy) is 2. The Morgan fingerprint density at radius 1 is 0.972 bits per heavy atom. The number of para-hydroxylation sites is 1. The number of rotatable bonds is 7. The predicted octanol–water partition coefficient (Wildman–Crippen LogP) is 1.53. The molecule has 0 aliphatic carbocycles. The predicted molar refractivity (Wildman–Crippen MR) is 133 cm³/mol. The lowest BCUT2D eigenvalue weighted by Gasteiger charge is -2.39. The molecule has 3 aliphatic heterocycles. The summed E-state index contributed by atoms with van der Waals surface area (Å²) in [5, 5.41) is 21.1. The summed E-state index contributed by atoms with van der Waals surface area (Å²) in [7, 11) is 0. The monoisotopic (exact) mass is 494 g/mol. The minimum absolute atomic E-state index is 0.373. The highest BCUT2D eigenvalue weighted by molar-refractivity contribution is 6.06. The highest BCUT2D eigenvalue weighted by atomic mass is 16.7. The number of aliphatic hydroxyl groups excluding tert-OH is 1. The molecule has 10 nitrogen and oxygen atoms in total. The normalized spacial score (nSPS) is 27.1. The van der Waals surface area contributed by atoms with Gasteiger partial charge in [-0.2, -0.15) is 0 Å². The van der Waals surface area contributed by atoms with Crippen LogP contribution >= 0.6 is 0 Å². The molecule has 190 valence electrons. The second-order valence-corrected chi connectivity index (χ2v) is 9.46. The zero-order valence-corrected chi connectivity index (χ0v) is 20.0. The molecule has 0 atom stereocenters. The van der Waals surface area contributed by atoms with E-state index in [0.29, 0.717) is 17.9 Å². The van der Waals surface area contributed by atoms with Crippen LogP contribution in [0.3, 0.4) is 0 Å². The molecule has 1 spiro atoms. The van der Waals surface area contributed by atoms with Gasteiger partial charge in [-0.05, 0) is 11.6 Å². The SMILES string of the molecule is O=C1N(CN2CCN(C/C=C/c3ccccc3)CC2)c2ccccc2C12OCC(CO)([N+](=O)[O-])CO2. The molecule has 0 saturated carbocycles. The van der Waals surface area contributed by atoms with Gasteiger partial charge in [-0.3, -0.25) is 29.6 Å². The minimum atomic E-state index is -1.78. The van der Waals surface area contributed by atoms with E-state index in [9.17, 15) is 20.0 Å². The maximum Gasteiger partial charge on any atom is 0.293 e. The first-order chi connectivity index (χ1) is 17.5. The number of carbonyl (C=O) groups is 1. The molecule has 0 bridgehead atoms. The number of nitro groups is 1. The summed E-state index contributed by atoms with van der Waals surface area (Å²) in [5.74, 6) is -2.12. The number of benzene rings is 2. The first-order valence-electron chi connectivity index (χ1n) is 12.1. The van der Waals surface area contributed by atoms with Crippen molar-refractivity contribution in [3.8, 4) is 0 Å². The van der Waals surface area contributed by atoms with E-state index < -0.39 is 42.0 Å². The fourth-order valence-corrected chi connectivity index (χ4v) is 4.83. The van der Waals surface area contributed by atoms with Crippen LogP contribution in [0.1, 0.15) is 11.1 Å². The van der Waals surface area contributed by atoms with E-state index in [1.807, 2.05) is 30.3 Å². The van der Waals surface area contributed by atoms with E-state index in [1.165, 1.54) is 5.56 Å². The second-order valence-electron chi connectivity index (χ2n) is 9.46. The molecule has 2 aromatic carbocycles. The molecule has 3 heterocycles. The number of piperazine rings is 1. The lowest BCUT2D eigenvalue weighted by atomic mass is 10.00. The van der Waals surface area contributed by atoms with Crippen LogP contribution in [0.4, 0.5) is 5.69 Å². The van der Waals surface area contributed by atoms with Crippen LogP contribution in [0.15, 0.2) is 60.7 Å². The summed E-state index contributed by atoms with van der Waals surface area (Å²) >= 11 is 0. The van der Waals surface area contributed by atoms with Crippen molar-refractivity contribution in [2.75, 3.05) is 64.1 Å². The molecule has 1 N–H and O–H groups in total. The molecule has 0 unspecified atom stereocenters. The number of hydrogen-bond donors (Lipinski definition) is 1. The van der Waals surface area contributed by atoms with Gasteiger partial charge in [0.15, 0.2) is 0 Å². The van der Waals surface area contributed by atoms with Crippen molar-refractivity contribution in [2.24, 2.45) is 0 Å². The van der Waals surface area contributed by atoms with E-state index in [0.717, 1.165) is 32.7 Å². The van der Waals surface area contributed by atoms with Crippen LogP contribution in [0, 0.1) is 10.1 Å². The second kappa shape index (κ2) is 10.1. The Kier molecular flexibility index (Phi) is 6.87. The van der Waals surface area contributed by atoms with Crippen molar-refractivity contribution < 1.29 is 24.3 Å². The molecule has 36 heavy (non-hydrogen) atoms. The number of nitrogens with zero attached hydrogens (tertiary/aromatic N) is 4.